The number of nitrogens with two attached hydrogens (primary N) is 2. The van der Waals surface area contributed by atoms with Crippen LogP contribution in [0, 0.1) is 6.92 Å². The maximum atomic E-state index is 13.0. The average Bonchev–Trinajstić information content (AvgIpc) is 2.95. The molecule has 0 amide bonds. The molecule has 0 saturated heterocycles. The smallest absolute Gasteiger partial charge is 0.268 e. The molecule has 0 saturated carbocycles. The molecule has 2 aromatic carbocycles. The number of guanidine groups is 1. The van der Waals surface area contributed by atoms with Gasteiger partial charge < -0.3 is 11.5 Å². The number of fused-ring (bicyclic) bond motifs is 1. The maximum absolute atomic E-state index is 13.0. The van der Waals surface area contributed by atoms with Gasteiger partial charge in [-0.25, -0.2) is 12.4 Å². The Morgan fingerprint density at radius 3 is 2.44 bits per heavy atom. The van der Waals surface area contributed by atoms with Gasteiger partial charge in [-0.15, -0.1) is 5.10 Å². The number of hydrogen-bond acceptors (Lipinski definition) is 4. The van der Waals surface area contributed by atoms with E-state index in [0.717, 1.165) is 10.9 Å². The fraction of sp³-hybridized carbons (Fsp3) is 0.0588. The van der Waals surface area contributed by atoms with Crippen molar-refractivity contribution >= 4 is 33.1 Å². The van der Waals surface area contributed by atoms with Crippen molar-refractivity contribution in [3.05, 3.63) is 65.9 Å². The van der Waals surface area contributed by atoms with E-state index < -0.39 is 10.0 Å². The summed E-state index contributed by atoms with van der Waals surface area (Å²) in [4.78, 5) is 0.214. The molecule has 4 N–H and O–H groups in total. The molecule has 1 aromatic heterocycles. The van der Waals surface area contributed by atoms with Crippen LogP contribution in [0.4, 0.5) is 0 Å². The summed E-state index contributed by atoms with van der Waals surface area (Å²) in [5.74, 6) is -0.174. The molecule has 0 radical (unpaired) electrons. The summed E-state index contributed by atoms with van der Waals surface area (Å²) in [6.07, 6.45) is 2.93. The Labute approximate surface area is 145 Å². The molecule has 7 nitrogen and oxygen atoms in total. The topological polar surface area (TPSA) is 116 Å². The number of rotatable bonds is 4. The number of nitrogens with zero attached hydrogens (tertiary/aromatic N) is 3. The predicted molar refractivity (Wildman–Crippen MR) is 99.1 cm³/mol. The van der Waals surface area contributed by atoms with Gasteiger partial charge in [-0.2, -0.15) is 5.10 Å². The number of para-hydroxylation sites is 1. The van der Waals surface area contributed by atoms with Gasteiger partial charge in [-0.3, -0.25) is 0 Å². The highest BCUT2D eigenvalue weighted by molar-refractivity contribution is 7.90. The van der Waals surface area contributed by atoms with Crippen LogP contribution in [0.5, 0.6) is 0 Å². The highest BCUT2D eigenvalue weighted by Gasteiger charge is 2.20. The highest BCUT2D eigenvalue weighted by Crippen LogP contribution is 2.25. The lowest BCUT2D eigenvalue weighted by atomic mass is 10.2. The normalized spacial score (nSPS) is 11.9. The summed E-state index contributed by atoms with van der Waals surface area (Å²) < 4.78 is 27.3. The van der Waals surface area contributed by atoms with Crippen LogP contribution in [0.2, 0.25) is 0 Å². The van der Waals surface area contributed by atoms with Crippen LogP contribution in [-0.4, -0.2) is 24.6 Å². The number of benzene rings is 2. The van der Waals surface area contributed by atoms with Gasteiger partial charge in [0.1, 0.15) is 0 Å². The predicted octanol–water partition coefficient (Wildman–Crippen LogP) is 1.79. The second kappa shape index (κ2) is 6.40. The molecule has 0 fully saturated rings. The molecule has 0 bridgehead atoms. The van der Waals surface area contributed by atoms with Crippen LogP contribution >= 0.6 is 0 Å². The third-order valence-corrected chi connectivity index (χ3v) is 5.34. The van der Waals surface area contributed by atoms with E-state index in [1.165, 1.54) is 16.4 Å². The largest absolute Gasteiger partial charge is 0.369 e. The molecule has 0 aliphatic carbocycles. The lowest BCUT2D eigenvalue weighted by Crippen LogP contribution is -2.21. The Balaban J connectivity index is 2.18. The number of aryl methyl sites for hydroxylation is 1. The number of aromatic nitrogens is 1. The first-order chi connectivity index (χ1) is 11.9. The van der Waals surface area contributed by atoms with E-state index in [2.05, 4.69) is 10.2 Å². The molecule has 0 unspecified atom stereocenters. The van der Waals surface area contributed by atoms with Gasteiger partial charge in [0.25, 0.3) is 10.0 Å². The zero-order valence-electron chi connectivity index (χ0n) is 13.5. The van der Waals surface area contributed by atoms with Crippen LogP contribution in [-0.2, 0) is 10.0 Å². The summed E-state index contributed by atoms with van der Waals surface area (Å²) in [5.41, 5.74) is 12.6. The molecular weight excluding hydrogens is 338 g/mol. The minimum Gasteiger partial charge on any atom is -0.369 e. The zero-order valence-corrected chi connectivity index (χ0v) is 14.3. The first-order valence-electron chi connectivity index (χ1n) is 7.44. The Bertz CT molecular complexity index is 1080. The molecule has 3 aromatic rings. The molecule has 3 rings (SSSR count). The minimum absolute atomic E-state index is 0.174. The van der Waals surface area contributed by atoms with Crippen LogP contribution in [0.25, 0.3) is 10.9 Å². The van der Waals surface area contributed by atoms with Gasteiger partial charge in [0.2, 0.25) is 5.96 Å². The summed E-state index contributed by atoms with van der Waals surface area (Å²) in [5, 5.41) is 8.05. The average molecular weight is 355 g/mol. The van der Waals surface area contributed by atoms with Crippen molar-refractivity contribution in [1.29, 1.82) is 0 Å². The van der Waals surface area contributed by atoms with E-state index in [0.29, 0.717) is 11.1 Å². The highest BCUT2D eigenvalue weighted by atomic mass is 32.2. The van der Waals surface area contributed by atoms with Crippen LogP contribution in [0.3, 0.4) is 0 Å². The van der Waals surface area contributed by atoms with E-state index in [-0.39, 0.29) is 10.9 Å². The third kappa shape index (κ3) is 3.24. The Morgan fingerprint density at radius 1 is 1.08 bits per heavy atom. The molecule has 25 heavy (non-hydrogen) atoms. The second-order valence-electron chi connectivity index (χ2n) is 5.48. The second-order valence-corrected chi connectivity index (χ2v) is 7.30. The van der Waals surface area contributed by atoms with Gasteiger partial charge >= 0.3 is 0 Å². The first-order valence-corrected chi connectivity index (χ1v) is 8.88. The van der Waals surface area contributed by atoms with Crippen molar-refractivity contribution in [2.75, 3.05) is 0 Å². The van der Waals surface area contributed by atoms with Crippen LogP contribution in [0.1, 0.15) is 11.1 Å². The summed E-state index contributed by atoms with van der Waals surface area (Å²) in [6, 6.07) is 13.9. The van der Waals surface area contributed by atoms with E-state index in [9.17, 15) is 8.42 Å². The third-order valence-electron chi connectivity index (χ3n) is 3.66. The fourth-order valence-electron chi connectivity index (χ4n) is 2.46. The number of hydrogen-bond donors (Lipinski definition) is 2. The van der Waals surface area contributed by atoms with Crippen molar-refractivity contribution in [2.45, 2.75) is 11.8 Å². The van der Waals surface area contributed by atoms with Gasteiger partial charge in [0.05, 0.1) is 16.6 Å². The zero-order chi connectivity index (χ0) is 18.0. The molecule has 1 heterocycles. The van der Waals surface area contributed by atoms with Gasteiger partial charge in [0.15, 0.2) is 0 Å². The van der Waals surface area contributed by atoms with Crippen molar-refractivity contribution in [3.8, 4) is 0 Å². The summed E-state index contributed by atoms with van der Waals surface area (Å²) in [6.45, 7) is 1.90. The monoisotopic (exact) mass is 355 g/mol. The van der Waals surface area contributed by atoms with Crippen molar-refractivity contribution in [3.63, 3.8) is 0 Å². The Hall–Kier alpha value is -3.13. The van der Waals surface area contributed by atoms with Crippen LogP contribution < -0.4 is 11.5 Å². The standard InChI is InChI=1S/C17H17N5O2S/c1-12-6-8-14(9-7-12)25(23,24)22-11-13(10-20-21-17(18)19)15-4-2-3-5-16(15)22/h2-11H,1H3,(H4,18,19,21). The van der Waals surface area contributed by atoms with Crippen molar-refractivity contribution in [2.24, 2.45) is 21.7 Å². The summed E-state index contributed by atoms with van der Waals surface area (Å²) >= 11 is 0. The molecule has 0 aliphatic rings. The molecule has 0 spiro atoms. The molecular formula is C17H17N5O2S. The lowest BCUT2D eigenvalue weighted by molar-refractivity contribution is 0.589. The van der Waals surface area contributed by atoms with Gasteiger partial charge in [-0.05, 0) is 25.1 Å². The van der Waals surface area contributed by atoms with E-state index >= 15 is 0 Å². The van der Waals surface area contributed by atoms with Crippen molar-refractivity contribution < 1.29 is 8.42 Å². The Kier molecular flexibility index (Phi) is 4.28. The Morgan fingerprint density at radius 2 is 1.76 bits per heavy atom. The maximum Gasteiger partial charge on any atom is 0.268 e. The van der Waals surface area contributed by atoms with Crippen LogP contribution in [0.15, 0.2) is 69.8 Å². The molecule has 128 valence electrons. The van der Waals surface area contributed by atoms with E-state index in [1.807, 2.05) is 19.1 Å². The lowest BCUT2D eigenvalue weighted by Gasteiger charge is -2.07. The quantitative estimate of drug-likeness (QED) is 0.421. The minimum atomic E-state index is -3.73. The van der Waals surface area contributed by atoms with E-state index in [4.69, 9.17) is 11.5 Å². The molecule has 0 atom stereocenters. The van der Waals surface area contributed by atoms with E-state index in [1.54, 1.807) is 36.4 Å². The molecule has 0 aliphatic heterocycles. The van der Waals surface area contributed by atoms with Crippen molar-refractivity contribution in [1.82, 2.24) is 3.97 Å². The summed E-state index contributed by atoms with van der Waals surface area (Å²) in [7, 11) is -3.73. The SMILES string of the molecule is Cc1ccc(S(=O)(=O)n2cc(C=NN=C(N)N)c3ccccc32)cc1. The van der Waals surface area contributed by atoms with Gasteiger partial charge in [0, 0.05) is 17.1 Å². The first kappa shape index (κ1) is 16.7. The fourth-order valence-corrected chi connectivity index (χ4v) is 3.84. The van der Waals surface area contributed by atoms with Gasteiger partial charge in [-0.1, -0.05) is 35.9 Å². The molecule has 8 heteroatoms.